The summed E-state index contributed by atoms with van der Waals surface area (Å²) in [5.74, 6) is 1.64. The van der Waals surface area contributed by atoms with Gasteiger partial charge in [0.25, 0.3) is 0 Å². The van der Waals surface area contributed by atoms with Crippen LogP contribution in [-0.4, -0.2) is 36.1 Å². The van der Waals surface area contributed by atoms with Crippen molar-refractivity contribution in [3.63, 3.8) is 0 Å². The average Bonchev–Trinajstić information content (AvgIpc) is 2.43. The number of nitrogens with one attached hydrogen (secondary N) is 1. The monoisotopic (exact) mass is 280 g/mol. The fraction of sp³-hybridized carbons (Fsp3) is 1.00. The number of hydrogen-bond donors (Lipinski definition) is 1. The lowest BCUT2D eigenvalue weighted by molar-refractivity contribution is -0.00304. The molecular formula is C18H36N2. The van der Waals surface area contributed by atoms with Crippen molar-refractivity contribution in [2.24, 2.45) is 11.8 Å². The van der Waals surface area contributed by atoms with Gasteiger partial charge in [-0.1, -0.05) is 53.4 Å². The van der Waals surface area contributed by atoms with Gasteiger partial charge in [-0.2, -0.15) is 0 Å². The standard InChI is InChI=1S/C18H36N2/c1-5-16(4)12-20-13-17(11-15(2)3)19-14-18(20)9-7-6-8-10-18/h15-17,19H,5-14H2,1-4H3. The van der Waals surface area contributed by atoms with Gasteiger partial charge in [-0.15, -0.1) is 0 Å². The van der Waals surface area contributed by atoms with Gasteiger partial charge in [0, 0.05) is 31.2 Å². The van der Waals surface area contributed by atoms with Gasteiger partial charge in [-0.25, -0.2) is 0 Å². The smallest absolute Gasteiger partial charge is 0.0334 e. The maximum Gasteiger partial charge on any atom is 0.0334 e. The lowest BCUT2D eigenvalue weighted by Gasteiger charge is -2.53. The van der Waals surface area contributed by atoms with Crippen LogP contribution in [0.15, 0.2) is 0 Å². The molecule has 0 radical (unpaired) electrons. The molecule has 0 aromatic carbocycles. The normalized spacial score (nSPS) is 28.9. The molecule has 2 rings (SSSR count). The molecule has 1 heterocycles. The van der Waals surface area contributed by atoms with E-state index in [1.165, 1.54) is 64.6 Å². The molecule has 1 saturated heterocycles. The molecule has 0 aromatic heterocycles. The molecule has 2 aliphatic rings. The zero-order valence-electron chi connectivity index (χ0n) is 14.3. The Hall–Kier alpha value is -0.0800. The Morgan fingerprint density at radius 3 is 2.45 bits per heavy atom. The van der Waals surface area contributed by atoms with Gasteiger partial charge >= 0.3 is 0 Å². The van der Waals surface area contributed by atoms with E-state index in [9.17, 15) is 0 Å². The number of hydrogen-bond acceptors (Lipinski definition) is 2. The van der Waals surface area contributed by atoms with Crippen molar-refractivity contribution in [2.75, 3.05) is 19.6 Å². The second-order valence-corrected chi connectivity index (χ2v) is 7.91. The SMILES string of the molecule is CCC(C)CN1CC(CC(C)C)NCC12CCCCC2. The highest BCUT2D eigenvalue weighted by Crippen LogP contribution is 2.36. The molecule has 1 spiro atoms. The van der Waals surface area contributed by atoms with Crippen LogP contribution in [0.4, 0.5) is 0 Å². The Labute approximate surface area is 126 Å². The molecule has 2 unspecified atom stereocenters. The highest BCUT2D eigenvalue weighted by molar-refractivity contribution is 5.00. The van der Waals surface area contributed by atoms with Crippen molar-refractivity contribution in [1.29, 1.82) is 0 Å². The molecule has 2 fully saturated rings. The van der Waals surface area contributed by atoms with Crippen molar-refractivity contribution in [2.45, 2.75) is 84.2 Å². The molecule has 0 aromatic rings. The Morgan fingerprint density at radius 2 is 1.85 bits per heavy atom. The molecule has 2 heteroatoms. The summed E-state index contributed by atoms with van der Waals surface area (Å²) in [6.45, 7) is 13.3. The molecule has 0 amide bonds. The molecule has 1 N–H and O–H groups in total. The van der Waals surface area contributed by atoms with Crippen LogP contribution >= 0.6 is 0 Å². The first-order valence-electron chi connectivity index (χ1n) is 9.04. The Morgan fingerprint density at radius 1 is 1.15 bits per heavy atom. The molecule has 1 aliphatic carbocycles. The van der Waals surface area contributed by atoms with Crippen LogP contribution in [0.3, 0.4) is 0 Å². The number of nitrogens with zero attached hydrogens (tertiary/aromatic N) is 1. The Bertz CT molecular complexity index is 281. The van der Waals surface area contributed by atoms with Gasteiger partial charge in [0.05, 0.1) is 0 Å². The lowest BCUT2D eigenvalue weighted by Crippen LogP contribution is -2.66. The fourth-order valence-corrected chi connectivity index (χ4v) is 4.17. The third-order valence-electron chi connectivity index (χ3n) is 5.60. The third-order valence-corrected chi connectivity index (χ3v) is 5.60. The number of piperazine rings is 1. The zero-order chi connectivity index (χ0) is 14.6. The summed E-state index contributed by atoms with van der Waals surface area (Å²) in [5, 5.41) is 3.89. The van der Waals surface area contributed by atoms with Gasteiger partial charge in [-0.05, 0) is 31.1 Å². The molecule has 2 nitrogen and oxygen atoms in total. The molecule has 20 heavy (non-hydrogen) atoms. The summed E-state index contributed by atoms with van der Waals surface area (Å²) in [6, 6.07) is 0.714. The minimum absolute atomic E-state index is 0.495. The van der Waals surface area contributed by atoms with E-state index in [-0.39, 0.29) is 0 Å². The van der Waals surface area contributed by atoms with Crippen LogP contribution in [0.25, 0.3) is 0 Å². The van der Waals surface area contributed by atoms with E-state index >= 15 is 0 Å². The van der Waals surface area contributed by atoms with E-state index in [4.69, 9.17) is 0 Å². The van der Waals surface area contributed by atoms with Crippen molar-refractivity contribution < 1.29 is 0 Å². The topological polar surface area (TPSA) is 15.3 Å². The molecule has 118 valence electrons. The lowest BCUT2D eigenvalue weighted by atomic mass is 9.77. The minimum Gasteiger partial charge on any atom is -0.311 e. The summed E-state index contributed by atoms with van der Waals surface area (Å²) >= 11 is 0. The van der Waals surface area contributed by atoms with Crippen LogP contribution in [0.2, 0.25) is 0 Å². The second-order valence-electron chi connectivity index (χ2n) is 7.91. The molecular weight excluding hydrogens is 244 g/mol. The summed E-state index contributed by atoms with van der Waals surface area (Å²) in [4.78, 5) is 2.89. The van der Waals surface area contributed by atoms with E-state index in [0.717, 1.165) is 11.8 Å². The fourth-order valence-electron chi connectivity index (χ4n) is 4.17. The summed E-state index contributed by atoms with van der Waals surface area (Å²) in [6.07, 6.45) is 9.81. The van der Waals surface area contributed by atoms with Crippen LogP contribution in [0.1, 0.15) is 72.6 Å². The summed E-state index contributed by atoms with van der Waals surface area (Å²) < 4.78 is 0. The Kier molecular flexibility index (Phi) is 5.92. The van der Waals surface area contributed by atoms with E-state index in [1.54, 1.807) is 0 Å². The van der Waals surface area contributed by atoms with Gasteiger partial charge in [0.1, 0.15) is 0 Å². The molecule has 1 saturated carbocycles. The zero-order valence-corrected chi connectivity index (χ0v) is 14.3. The summed E-state index contributed by atoms with van der Waals surface area (Å²) in [7, 11) is 0. The average molecular weight is 281 g/mol. The quantitative estimate of drug-likeness (QED) is 0.817. The number of rotatable bonds is 5. The highest BCUT2D eigenvalue weighted by atomic mass is 15.3. The minimum atomic E-state index is 0.495. The van der Waals surface area contributed by atoms with Crippen LogP contribution in [-0.2, 0) is 0 Å². The highest BCUT2D eigenvalue weighted by Gasteiger charge is 2.42. The van der Waals surface area contributed by atoms with Crippen molar-refractivity contribution in [3.8, 4) is 0 Å². The van der Waals surface area contributed by atoms with E-state index in [0.29, 0.717) is 11.6 Å². The maximum atomic E-state index is 3.89. The van der Waals surface area contributed by atoms with Crippen molar-refractivity contribution in [3.05, 3.63) is 0 Å². The van der Waals surface area contributed by atoms with E-state index < -0.39 is 0 Å². The largest absolute Gasteiger partial charge is 0.311 e. The van der Waals surface area contributed by atoms with Gasteiger partial charge in [0.15, 0.2) is 0 Å². The van der Waals surface area contributed by atoms with Gasteiger partial charge in [0.2, 0.25) is 0 Å². The first-order valence-corrected chi connectivity index (χ1v) is 9.04. The van der Waals surface area contributed by atoms with Crippen LogP contribution in [0, 0.1) is 11.8 Å². The molecule has 0 bridgehead atoms. The predicted octanol–water partition coefficient (Wildman–Crippen LogP) is 4.06. The Balaban J connectivity index is 2.03. The predicted molar refractivity (Wildman–Crippen MR) is 88.1 cm³/mol. The van der Waals surface area contributed by atoms with Crippen LogP contribution in [0.5, 0.6) is 0 Å². The van der Waals surface area contributed by atoms with Gasteiger partial charge in [-0.3, -0.25) is 4.90 Å². The van der Waals surface area contributed by atoms with E-state index in [1.807, 2.05) is 0 Å². The first kappa shape index (κ1) is 16.3. The third kappa shape index (κ3) is 3.98. The van der Waals surface area contributed by atoms with Crippen LogP contribution < -0.4 is 5.32 Å². The second kappa shape index (κ2) is 7.26. The molecule has 1 aliphatic heterocycles. The van der Waals surface area contributed by atoms with Crippen molar-refractivity contribution >= 4 is 0 Å². The molecule has 2 atom stereocenters. The van der Waals surface area contributed by atoms with E-state index in [2.05, 4.69) is 37.9 Å². The first-order chi connectivity index (χ1) is 9.55. The maximum absolute atomic E-state index is 3.89. The summed E-state index contributed by atoms with van der Waals surface area (Å²) in [5.41, 5.74) is 0.495. The van der Waals surface area contributed by atoms with Gasteiger partial charge < -0.3 is 5.32 Å². The van der Waals surface area contributed by atoms with Crippen molar-refractivity contribution in [1.82, 2.24) is 10.2 Å².